The van der Waals surface area contributed by atoms with Gasteiger partial charge in [0.05, 0.1) is 19.3 Å². The van der Waals surface area contributed by atoms with Crippen LogP contribution in [-0.4, -0.2) is 112 Å². The fraction of sp³-hybridized carbons (Fsp3) is 1.00. The molecule has 0 radical (unpaired) electrons. The van der Waals surface area contributed by atoms with Crippen LogP contribution in [0.4, 0.5) is 0 Å². The van der Waals surface area contributed by atoms with Gasteiger partial charge in [0.2, 0.25) is 0 Å². The molecule has 2 heterocycles. The molecule has 2 fully saturated rings. The van der Waals surface area contributed by atoms with E-state index in [1.54, 1.807) is 6.92 Å². The van der Waals surface area contributed by atoms with E-state index in [9.17, 15) is 30.6 Å². The second kappa shape index (κ2) is 8.32. The van der Waals surface area contributed by atoms with Crippen molar-refractivity contribution in [3.05, 3.63) is 0 Å². The third-order valence-electron chi connectivity index (χ3n) is 4.49. The van der Waals surface area contributed by atoms with Crippen LogP contribution in [0.1, 0.15) is 6.92 Å². The number of methoxy groups -OCH3 is 1. The molecule has 10 atom stereocenters. The van der Waals surface area contributed by atoms with Gasteiger partial charge in [0.1, 0.15) is 48.8 Å². The maximum absolute atomic E-state index is 10.2. The minimum absolute atomic E-state index is 0.405. The lowest BCUT2D eigenvalue weighted by Crippen LogP contribution is -2.64. The summed E-state index contributed by atoms with van der Waals surface area (Å²) in [6.45, 7) is 0.651. The average molecular weight is 354 g/mol. The highest BCUT2D eigenvalue weighted by molar-refractivity contribution is 4.95. The van der Waals surface area contributed by atoms with E-state index in [1.807, 2.05) is 0 Å². The Morgan fingerprint density at radius 3 is 1.92 bits per heavy atom. The van der Waals surface area contributed by atoms with Crippen LogP contribution in [0.25, 0.3) is 0 Å². The third-order valence-corrected chi connectivity index (χ3v) is 4.49. The SMILES string of the molecule is COC1C(O[C@H]2OC(CO)[C@H](O)C(O)C2O)C(C)OC(CO)[C@@H]1O. The highest BCUT2D eigenvalue weighted by Gasteiger charge is 2.49. The Morgan fingerprint density at radius 1 is 0.792 bits per heavy atom. The lowest BCUT2D eigenvalue weighted by molar-refractivity contribution is -0.341. The Hall–Kier alpha value is -0.400. The van der Waals surface area contributed by atoms with Crippen molar-refractivity contribution in [1.29, 1.82) is 0 Å². The Kier molecular flexibility index (Phi) is 6.90. The molecule has 2 saturated heterocycles. The van der Waals surface area contributed by atoms with Gasteiger partial charge >= 0.3 is 0 Å². The molecule has 0 saturated carbocycles. The van der Waals surface area contributed by atoms with Gasteiger partial charge < -0.3 is 49.6 Å². The maximum atomic E-state index is 10.2. The Labute approximate surface area is 139 Å². The summed E-state index contributed by atoms with van der Waals surface area (Å²) < 4.78 is 21.6. The molecule has 2 rings (SSSR count). The summed E-state index contributed by atoms with van der Waals surface area (Å²) in [4.78, 5) is 0. The minimum atomic E-state index is -1.57. The number of rotatable bonds is 5. The zero-order valence-corrected chi connectivity index (χ0v) is 13.5. The van der Waals surface area contributed by atoms with Crippen molar-refractivity contribution >= 4 is 0 Å². The van der Waals surface area contributed by atoms with Crippen molar-refractivity contribution in [1.82, 2.24) is 0 Å². The van der Waals surface area contributed by atoms with Gasteiger partial charge in [-0.3, -0.25) is 0 Å². The second-order valence-corrected chi connectivity index (χ2v) is 6.05. The number of ether oxygens (including phenoxy) is 4. The predicted octanol–water partition coefficient (Wildman–Crippen LogP) is -3.67. The number of hydrogen-bond acceptors (Lipinski definition) is 10. The summed E-state index contributed by atoms with van der Waals surface area (Å²) in [6, 6.07) is 0. The highest BCUT2D eigenvalue weighted by atomic mass is 16.7. The number of aliphatic hydroxyl groups is 6. The molecule has 0 aliphatic carbocycles. The van der Waals surface area contributed by atoms with Crippen molar-refractivity contribution in [3.8, 4) is 0 Å². The van der Waals surface area contributed by atoms with Gasteiger partial charge in [-0.2, -0.15) is 0 Å². The Balaban J connectivity index is 2.12. The smallest absolute Gasteiger partial charge is 0.187 e. The fourth-order valence-corrected chi connectivity index (χ4v) is 3.05. The van der Waals surface area contributed by atoms with Crippen LogP contribution in [0.3, 0.4) is 0 Å². The van der Waals surface area contributed by atoms with Gasteiger partial charge in [-0.1, -0.05) is 0 Å². The van der Waals surface area contributed by atoms with Crippen LogP contribution in [0, 0.1) is 0 Å². The van der Waals surface area contributed by atoms with Crippen LogP contribution in [-0.2, 0) is 18.9 Å². The summed E-state index contributed by atoms with van der Waals surface area (Å²) in [5.74, 6) is 0. The fourth-order valence-electron chi connectivity index (χ4n) is 3.05. The zero-order valence-electron chi connectivity index (χ0n) is 13.5. The first-order chi connectivity index (χ1) is 11.3. The Morgan fingerprint density at radius 2 is 1.38 bits per heavy atom. The lowest BCUT2D eigenvalue weighted by Gasteiger charge is -2.46. The summed E-state index contributed by atoms with van der Waals surface area (Å²) in [5.41, 5.74) is 0. The molecule has 10 nitrogen and oxygen atoms in total. The standard InChI is InChI=1S/C14H26O10/c1-5-12(13(21-2)9(18)7(4-16)22-5)24-14-11(20)10(19)8(17)6(3-15)23-14/h5-20H,3-4H2,1-2H3/t5?,6?,7?,8-,9-,10?,11?,12?,13?,14+/m0/s1. The van der Waals surface area contributed by atoms with E-state index < -0.39 is 74.4 Å². The minimum Gasteiger partial charge on any atom is -0.394 e. The summed E-state index contributed by atoms with van der Waals surface area (Å²) in [6.07, 6.45) is -11.5. The maximum Gasteiger partial charge on any atom is 0.187 e. The van der Waals surface area contributed by atoms with Crippen LogP contribution in [0.15, 0.2) is 0 Å². The first-order valence-electron chi connectivity index (χ1n) is 7.78. The molecule has 10 heteroatoms. The average Bonchev–Trinajstić information content (AvgIpc) is 2.58. The molecule has 2 aliphatic heterocycles. The summed E-state index contributed by atoms with van der Waals surface area (Å²) >= 11 is 0. The quantitative estimate of drug-likeness (QED) is 0.290. The number of aliphatic hydroxyl groups excluding tert-OH is 6. The molecule has 24 heavy (non-hydrogen) atoms. The molecule has 0 amide bonds. The molecule has 7 unspecified atom stereocenters. The van der Waals surface area contributed by atoms with Crippen molar-refractivity contribution in [3.63, 3.8) is 0 Å². The van der Waals surface area contributed by atoms with Gasteiger partial charge in [-0.05, 0) is 6.92 Å². The van der Waals surface area contributed by atoms with E-state index in [0.717, 1.165) is 0 Å². The summed E-state index contributed by atoms with van der Waals surface area (Å²) in [7, 11) is 1.35. The first kappa shape index (κ1) is 19.9. The Bertz CT molecular complexity index is 394. The van der Waals surface area contributed by atoms with E-state index >= 15 is 0 Å². The predicted molar refractivity (Wildman–Crippen MR) is 76.9 cm³/mol. The largest absolute Gasteiger partial charge is 0.394 e. The van der Waals surface area contributed by atoms with Crippen LogP contribution in [0.2, 0.25) is 0 Å². The topological polar surface area (TPSA) is 158 Å². The van der Waals surface area contributed by atoms with E-state index in [2.05, 4.69) is 0 Å². The van der Waals surface area contributed by atoms with Crippen molar-refractivity contribution in [2.24, 2.45) is 0 Å². The lowest BCUT2D eigenvalue weighted by atomic mass is 9.94. The molecule has 0 aromatic rings. The molecule has 0 spiro atoms. The molecule has 6 N–H and O–H groups in total. The van der Waals surface area contributed by atoms with Gasteiger partial charge in [0.15, 0.2) is 6.29 Å². The third kappa shape index (κ3) is 3.73. The van der Waals surface area contributed by atoms with Gasteiger partial charge in [-0.15, -0.1) is 0 Å². The van der Waals surface area contributed by atoms with E-state index in [0.29, 0.717) is 0 Å². The van der Waals surface area contributed by atoms with Gasteiger partial charge in [0, 0.05) is 7.11 Å². The summed E-state index contributed by atoms with van der Waals surface area (Å²) in [5, 5.41) is 58.2. The highest BCUT2D eigenvalue weighted by Crippen LogP contribution is 2.30. The van der Waals surface area contributed by atoms with Gasteiger partial charge in [0.25, 0.3) is 0 Å². The van der Waals surface area contributed by atoms with E-state index in [1.165, 1.54) is 7.11 Å². The normalized spacial score (nSPS) is 50.0. The molecule has 142 valence electrons. The van der Waals surface area contributed by atoms with Crippen LogP contribution < -0.4 is 0 Å². The molecule has 0 aromatic carbocycles. The monoisotopic (exact) mass is 354 g/mol. The first-order valence-corrected chi connectivity index (χ1v) is 7.78. The zero-order chi connectivity index (χ0) is 18.0. The molecule has 2 aliphatic rings. The number of hydrogen-bond donors (Lipinski definition) is 6. The van der Waals surface area contributed by atoms with E-state index in [-0.39, 0.29) is 0 Å². The van der Waals surface area contributed by atoms with Crippen molar-refractivity contribution < 1.29 is 49.6 Å². The molecular weight excluding hydrogens is 328 g/mol. The van der Waals surface area contributed by atoms with Crippen molar-refractivity contribution in [2.45, 2.75) is 68.1 Å². The van der Waals surface area contributed by atoms with Crippen LogP contribution in [0.5, 0.6) is 0 Å². The second-order valence-electron chi connectivity index (χ2n) is 6.05. The van der Waals surface area contributed by atoms with Gasteiger partial charge in [-0.25, -0.2) is 0 Å². The van der Waals surface area contributed by atoms with Crippen molar-refractivity contribution in [2.75, 3.05) is 20.3 Å². The molecular formula is C14H26O10. The van der Waals surface area contributed by atoms with Crippen LogP contribution >= 0.6 is 0 Å². The molecule has 0 aromatic heterocycles. The van der Waals surface area contributed by atoms with E-state index in [4.69, 9.17) is 18.9 Å². The molecule has 0 bridgehead atoms.